The first-order valence-corrected chi connectivity index (χ1v) is 10.8. The Morgan fingerprint density at radius 1 is 1.03 bits per heavy atom. The van der Waals surface area contributed by atoms with Gasteiger partial charge < -0.3 is 10.6 Å². The molecule has 0 fully saturated rings. The summed E-state index contributed by atoms with van der Waals surface area (Å²) in [6.07, 6.45) is 0. The van der Waals surface area contributed by atoms with Crippen molar-refractivity contribution >= 4 is 63.0 Å². The topological polar surface area (TPSA) is 156 Å². The largest absolute Gasteiger partial charge is 0.326 e. The smallest absolute Gasteiger partial charge is 0.270 e. The molecule has 11 nitrogen and oxygen atoms in total. The van der Waals surface area contributed by atoms with E-state index in [1.165, 1.54) is 31.2 Å². The van der Waals surface area contributed by atoms with E-state index in [1.54, 1.807) is 24.3 Å². The lowest BCUT2D eigenvalue weighted by Gasteiger charge is -2.06. The van der Waals surface area contributed by atoms with E-state index in [-0.39, 0.29) is 33.9 Å². The lowest BCUT2D eigenvalue weighted by atomic mass is 10.2. The second kappa shape index (κ2) is 10.5. The molecule has 164 valence electrons. The van der Waals surface area contributed by atoms with Crippen molar-refractivity contribution in [2.75, 3.05) is 21.7 Å². The average Bonchev–Trinajstić information content (AvgIpc) is 3.20. The number of carbonyl (C=O) groups is 3. The molecular formula is C19H16N6O5S2. The van der Waals surface area contributed by atoms with Gasteiger partial charge in [-0.05, 0) is 30.3 Å². The summed E-state index contributed by atoms with van der Waals surface area (Å²) < 4.78 is 0.468. The number of nitro benzene ring substituents is 1. The number of aromatic nitrogens is 2. The molecule has 32 heavy (non-hydrogen) atoms. The van der Waals surface area contributed by atoms with Gasteiger partial charge in [0.05, 0.1) is 10.7 Å². The number of hydrogen-bond donors (Lipinski definition) is 3. The SMILES string of the molecule is CC(=O)Nc1ccc(NC(=O)CSc2nnc(NC(=O)c3cccc([N+](=O)[O-])c3)s2)cc1. The molecule has 0 saturated carbocycles. The Morgan fingerprint density at radius 3 is 2.38 bits per heavy atom. The van der Waals surface area contributed by atoms with Crippen LogP contribution >= 0.6 is 23.1 Å². The maximum absolute atomic E-state index is 12.3. The Kier molecular flexibility index (Phi) is 7.46. The van der Waals surface area contributed by atoms with Gasteiger partial charge in [0.2, 0.25) is 16.9 Å². The Morgan fingerprint density at radius 2 is 1.72 bits per heavy atom. The Bertz CT molecular complexity index is 1170. The van der Waals surface area contributed by atoms with Gasteiger partial charge in [0.25, 0.3) is 11.6 Å². The van der Waals surface area contributed by atoms with Crippen molar-refractivity contribution in [3.05, 3.63) is 64.2 Å². The second-order valence-corrected chi connectivity index (χ2v) is 8.43. The fraction of sp³-hybridized carbons (Fsp3) is 0.105. The highest BCUT2D eigenvalue weighted by Gasteiger charge is 2.14. The minimum atomic E-state index is -0.584. The number of rotatable bonds is 8. The lowest BCUT2D eigenvalue weighted by molar-refractivity contribution is -0.384. The third-order valence-electron chi connectivity index (χ3n) is 3.76. The molecule has 0 spiro atoms. The van der Waals surface area contributed by atoms with Crippen LogP contribution in [0.5, 0.6) is 0 Å². The first-order chi connectivity index (χ1) is 15.3. The van der Waals surface area contributed by atoms with Crippen molar-refractivity contribution in [2.45, 2.75) is 11.3 Å². The van der Waals surface area contributed by atoms with E-state index in [9.17, 15) is 24.5 Å². The van der Waals surface area contributed by atoms with Gasteiger partial charge in [0, 0.05) is 36.0 Å². The normalized spacial score (nSPS) is 10.3. The van der Waals surface area contributed by atoms with Crippen molar-refractivity contribution in [3.63, 3.8) is 0 Å². The van der Waals surface area contributed by atoms with Gasteiger partial charge in [-0.2, -0.15) is 0 Å². The van der Waals surface area contributed by atoms with Gasteiger partial charge in [-0.25, -0.2) is 0 Å². The van der Waals surface area contributed by atoms with Gasteiger partial charge >= 0.3 is 0 Å². The molecule has 0 aliphatic heterocycles. The van der Waals surface area contributed by atoms with E-state index in [4.69, 9.17) is 0 Å². The van der Waals surface area contributed by atoms with Gasteiger partial charge in [-0.1, -0.05) is 29.2 Å². The monoisotopic (exact) mass is 472 g/mol. The Hall–Kier alpha value is -3.84. The third kappa shape index (κ3) is 6.58. The first kappa shape index (κ1) is 22.8. The zero-order valence-corrected chi connectivity index (χ0v) is 18.2. The molecule has 3 amide bonds. The minimum absolute atomic E-state index is 0.0703. The number of carbonyl (C=O) groups excluding carboxylic acids is 3. The van der Waals surface area contributed by atoms with Crippen LogP contribution in [0.3, 0.4) is 0 Å². The maximum atomic E-state index is 12.3. The summed E-state index contributed by atoms with van der Waals surface area (Å²) in [5.74, 6) is -0.932. The molecule has 0 radical (unpaired) electrons. The van der Waals surface area contributed by atoms with Crippen LogP contribution in [-0.4, -0.2) is 38.6 Å². The lowest BCUT2D eigenvalue weighted by Crippen LogP contribution is -2.14. The highest BCUT2D eigenvalue weighted by Crippen LogP contribution is 2.26. The number of nitrogens with zero attached hydrogens (tertiary/aromatic N) is 3. The zero-order valence-electron chi connectivity index (χ0n) is 16.5. The zero-order chi connectivity index (χ0) is 23.1. The number of non-ortho nitro benzene ring substituents is 1. The number of nitrogens with one attached hydrogen (secondary N) is 3. The van der Waals surface area contributed by atoms with Crippen molar-refractivity contribution in [2.24, 2.45) is 0 Å². The Balaban J connectivity index is 1.50. The standard InChI is InChI=1S/C19H16N6O5S2/c1-11(26)20-13-5-7-14(8-6-13)21-16(27)10-31-19-24-23-18(32-19)22-17(28)12-3-2-4-15(9-12)25(29)30/h2-9H,10H2,1H3,(H,20,26)(H,21,27)(H,22,23,28). The average molecular weight is 473 g/mol. The highest BCUT2D eigenvalue weighted by molar-refractivity contribution is 8.01. The van der Waals surface area contributed by atoms with Crippen LogP contribution in [0.1, 0.15) is 17.3 Å². The maximum Gasteiger partial charge on any atom is 0.270 e. The molecular weight excluding hydrogens is 456 g/mol. The Labute approximate surface area is 189 Å². The van der Waals surface area contributed by atoms with Gasteiger partial charge in [-0.15, -0.1) is 10.2 Å². The van der Waals surface area contributed by atoms with E-state index in [0.717, 1.165) is 23.1 Å². The first-order valence-electron chi connectivity index (χ1n) is 9.00. The summed E-state index contributed by atoms with van der Waals surface area (Å²) in [6.45, 7) is 1.41. The molecule has 13 heteroatoms. The molecule has 3 N–H and O–H groups in total. The van der Waals surface area contributed by atoms with Crippen LogP contribution in [0.2, 0.25) is 0 Å². The second-order valence-electron chi connectivity index (χ2n) is 6.23. The number of amides is 3. The summed E-state index contributed by atoms with van der Waals surface area (Å²) in [5.41, 5.74) is 1.12. The fourth-order valence-electron chi connectivity index (χ4n) is 2.41. The van der Waals surface area contributed by atoms with E-state index < -0.39 is 10.8 Å². The molecule has 1 aromatic heterocycles. The van der Waals surface area contributed by atoms with Gasteiger partial charge in [-0.3, -0.25) is 29.8 Å². The fourth-order valence-corrected chi connectivity index (χ4v) is 3.96. The molecule has 1 heterocycles. The van der Waals surface area contributed by atoms with E-state index in [0.29, 0.717) is 15.7 Å². The number of nitro groups is 1. The summed E-state index contributed by atoms with van der Waals surface area (Å²) in [6, 6.07) is 12.0. The van der Waals surface area contributed by atoms with Crippen LogP contribution in [0.4, 0.5) is 22.2 Å². The van der Waals surface area contributed by atoms with Crippen LogP contribution in [0, 0.1) is 10.1 Å². The minimum Gasteiger partial charge on any atom is -0.326 e. The molecule has 3 aromatic rings. The van der Waals surface area contributed by atoms with Crippen molar-refractivity contribution in [1.82, 2.24) is 10.2 Å². The number of hydrogen-bond acceptors (Lipinski definition) is 9. The molecule has 2 aromatic carbocycles. The molecule has 0 bridgehead atoms. The van der Waals surface area contributed by atoms with Crippen LogP contribution in [0.15, 0.2) is 52.9 Å². The number of thioether (sulfide) groups is 1. The molecule has 0 atom stereocenters. The molecule has 0 aliphatic carbocycles. The molecule has 3 rings (SSSR count). The number of benzene rings is 2. The van der Waals surface area contributed by atoms with Crippen molar-refractivity contribution in [3.8, 4) is 0 Å². The molecule has 0 aliphatic rings. The summed E-state index contributed by atoms with van der Waals surface area (Å²) in [5, 5.41) is 26.7. The number of anilines is 3. The summed E-state index contributed by atoms with van der Waals surface area (Å²) >= 11 is 2.22. The molecule has 0 unspecified atom stereocenters. The van der Waals surface area contributed by atoms with E-state index >= 15 is 0 Å². The van der Waals surface area contributed by atoms with Gasteiger partial charge in [0.1, 0.15) is 0 Å². The van der Waals surface area contributed by atoms with Crippen LogP contribution < -0.4 is 16.0 Å². The van der Waals surface area contributed by atoms with Gasteiger partial charge in [0.15, 0.2) is 4.34 Å². The predicted molar refractivity (Wildman–Crippen MR) is 121 cm³/mol. The highest BCUT2D eigenvalue weighted by atomic mass is 32.2. The van der Waals surface area contributed by atoms with Crippen LogP contribution in [0.25, 0.3) is 0 Å². The molecule has 0 saturated heterocycles. The van der Waals surface area contributed by atoms with E-state index in [2.05, 4.69) is 26.1 Å². The summed E-state index contributed by atoms with van der Waals surface area (Å²) in [7, 11) is 0. The van der Waals surface area contributed by atoms with Crippen molar-refractivity contribution < 1.29 is 19.3 Å². The predicted octanol–water partition coefficient (Wildman–Crippen LogP) is 3.39. The van der Waals surface area contributed by atoms with E-state index in [1.807, 2.05) is 0 Å². The third-order valence-corrected chi connectivity index (χ3v) is 5.73. The van der Waals surface area contributed by atoms with Crippen molar-refractivity contribution in [1.29, 1.82) is 0 Å². The quantitative estimate of drug-likeness (QED) is 0.195. The summed E-state index contributed by atoms with van der Waals surface area (Å²) in [4.78, 5) is 45.7. The van der Waals surface area contributed by atoms with Crippen LogP contribution in [-0.2, 0) is 9.59 Å².